The summed E-state index contributed by atoms with van der Waals surface area (Å²) in [4.78, 5) is 16.3. The summed E-state index contributed by atoms with van der Waals surface area (Å²) < 4.78 is 5.06. The molecule has 0 aromatic carbocycles. The fourth-order valence-electron chi connectivity index (χ4n) is 2.40. The first kappa shape index (κ1) is 15.4. The molecule has 18 heavy (non-hydrogen) atoms. The average molecular weight is 257 g/mol. The highest BCUT2D eigenvalue weighted by molar-refractivity contribution is 5.76. The van der Waals surface area contributed by atoms with E-state index in [9.17, 15) is 4.79 Å². The number of carbonyl (C=O) groups excluding carboxylic acids is 1. The topological polar surface area (TPSA) is 44.8 Å². The van der Waals surface area contributed by atoms with E-state index in [0.29, 0.717) is 12.6 Å². The van der Waals surface area contributed by atoms with Crippen molar-refractivity contribution in [2.45, 2.75) is 31.8 Å². The van der Waals surface area contributed by atoms with Crippen LogP contribution in [-0.4, -0.2) is 75.2 Å². The Labute approximate surface area is 110 Å². The van der Waals surface area contributed by atoms with Crippen molar-refractivity contribution in [3.05, 3.63) is 0 Å². The number of carbonyl (C=O) groups is 1. The number of hydrogen-bond donors (Lipinski definition) is 1. The Kier molecular flexibility index (Phi) is 6.60. The summed E-state index contributed by atoms with van der Waals surface area (Å²) in [6, 6.07) is 0.470. The maximum Gasteiger partial charge on any atom is 0.324 e. The van der Waals surface area contributed by atoms with Crippen LogP contribution < -0.4 is 5.32 Å². The maximum absolute atomic E-state index is 11.7. The molecule has 1 atom stereocenters. The maximum atomic E-state index is 11.7. The van der Waals surface area contributed by atoms with Gasteiger partial charge in [0.1, 0.15) is 6.04 Å². The SMILES string of the molecule is CCOC(=O)C(CN1CCC(N(C)C)CC1)NC. The molecule has 0 saturated carbocycles. The molecule has 1 saturated heterocycles. The van der Waals surface area contributed by atoms with E-state index in [-0.39, 0.29) is 12.0 Å². The predicted molar refractivity (Wildman–Crippen MR) is 72.6 cm³/mol. The van der Waals surface area contributed by atoms with Crippen LogP contribution in [0.4, 0.5) is 0 Å². The molecule has 5 nitrogen and oxygen atoms in total. The van der Waals surface area contributed by atoms with Gasteiger partial charge in [0.15, 0.2) is 0 Å². The molecule has 1 rings (SSSR count). The lowest BCUT2D eigenvalue weighted by Crippen LogP contribution is -2.49. The Bertz CT molecular complexity index is 251. The molecule has 5 heteroatoms. The normalized spacial score (nSPS) is 20.1. The van der Waals surface area contributed by atoms with Crippen molar-refractivity contribution < 1.29 is 9.53 Å². The van der Waals surface area contributed by atoms with E-state index in [0.717, 1.165) is 19.6 Å². The second-order valence-electron chi connectivity index (χ2n) is 5.09. The Hall–Kier alpha value is -0.650. The highest BCUT2D eigenvalue weighted by atomic mass is 16.5. The van der Waals surface area contributed by atoms with Gasteiger partial charge in [-0.25, -0.2) is 0 Å². The van der Waals surface area contributed by atoms with Crippen molar-refractivity contribution in [1.29, 1.82) is 0 Å². The predicted octanol–water partition coefficient (Wildman–Crippen LogP) is 0.164. The molecule has 1 heterocycles. The van der Waals surface area contributed by atoms with Crippen molar-refractivity contribution in [1.82, 2.24) is 15.1 Å². The van der Waals surface area contributed by atoms with Crippen LogP contribution in [0.15, 0.2) is 0 Å². The van der Waals surface area contributed by atoms with E-state index < -0.39 is 0 Å². The summed E-state index contributed by atoms with van der Waals surface area (Å²) in [6.07, 6.45) is 2.35. The van der Waals surface area contributed by atoms with Gasteiger partial charge in [0.2, 0.25) is 0 Å². The summed E-state index contributed by atoms with van der Waals surface area (Å²) in [6.45, 7) is 5.14. The van der Waals surface area contributed by atoms with Crippen LogP contribution in [0.25, 0.3) is 0 Å². The van der Waals surface area contributed by atoms with Crippen LogP contribution in [0.2, 0.25) is 0 Å². The largest absolute Gasteiger partial charge is 0.465 e. The molecule has 0 bridgehead atoms. The lowest BCUT2D eigenvalue weighted by atomic mass is 10.0. The molecule has 1 aliphatic rings. The summed E-state index contributed by atoms with van der Waals surface area (Å²) in [5.41, 5.74) is 0. The quantitative estimate of drug-likeness (QED) is 0.687. The highest BCUT2D eigenvalue weighted by Gasteiger charge is 2.25. The minimum atomic E-state index is -0.208. The van der Waals surface area contributed by atoms with Crippen LogP contribution in [0, 0.1) is 0 Å². The lowest BCUT2D eigenvalue weighted by molar-refractivity contribution is -0.146. The average Bonchev–Trinajstić information content (AvgIpc) is 2.36. The Morgan fingerprint density at radius 3 is 2.50 bits per heavy atom. The minimum Gasteiger partial charge on any atom is -0.465 e. The van der Waals surface area contributed by atoms with Gasteiger partial charge in [-0.2, -0.15) is 0 Å². The van der Waals surface area contributed by atoms with Crippen LogP contribution >= 0.6 is 0 Å². The first-order valence-electron chi connectivity index (χ1n) is 6.81. The van der Waals surface area contributed by atoms with Gasteiger partial charge >= 0.3 is 5.97 Å². The molecule has 0 aromatic heterocycles. The third kappa shape index (κ3) is 4.55. The Balaban J connectivity index is 2.36. The zero-order valence-electron chi connectivity index (χ0n) is 12.1. The number of ether oxygens (including phenoxy) is 1. The third-order valence-corrected chi connectivity index (χ3v) is 3.65. The zero-order valence-corrected chi connectivity index (χ0v) is 12.1. The number of likely N-dealkylation sites (N-methyl/N-ethyl adjacent to an activating group) is 1. The van der Waals surface area contributed by atoms with Crippen LogP contribution in [0.5, 0.6) is 0 Å². The van der Waals surface area contributed by atoms with E-state index >= 15 is 0 Å². The second-order valence-corrected chi connectivity index (χ2v) is 5.09. The third-order valence-electron chi connectivity index (χ3n) is 3.65. The minimum absolute atomic E-state index is 0.144. The summed E-state index contributed by atoms with van der Waals surface area (Å²) in [5, 5.41) is 3.04. The smallest absolute Gasteiger partial charge is 0.324 e. The number of piperidine rings is 1. The molecule has 0 spiro atoms. The van der Waals surface area contributed by atoms with Gasteiger partial charge in [0, 0.05) is 12.6 Å². The van der Waals surface area contributed by atoms with Crippen LogP contribution in [0.3, 0.4) is 0 Å². The van der Waals surface area contributed by atoms with E-state index in [1.54, 1.807) is 0 Å². The van der Waals surface area contributed by atoms with Crippen LogP contribution in [0.1, 0.15) is 19.8 Å². The number of likely N-dealkylation sites (tertiary alicyclic amines) is 1. The molecule has 1 fully saturated rings. The van der Waals surface area contributed by atoms with Gasteiger partial charge in [0.05, 0.1) is 6.61 Å². The molecule has 106 valence electrons. The summed E-state index contributed by atoms with van der Waals surface area (Å²) >= 11 is 0. The molecule has 0 radical (unpaired) electrons. The molecular weight excluding hydrogens is 230 g/mol. The molecule has 0 amide bonds. The van der Waals surface area contributed by atoms with Crippen molar-refractivity contribution in [3.63, 3.8) is 0 Å². The number of esters is 1. The fourth-order valence-corrected chi connectivity index (χ4v) is 2.40. The number of nitrogens with zero attached hydrogens (tertiary/aromatic N) is 2. The zero-order chi connectivity index (χ0) is 13.5. The van der Waals surface area contributed by atoms with Crippen LogP contribution in [-0.2, 0) is 9.53 Å². The van der Waals surface area contributed by atoms with Gasteiger partial charge < -0.3 is 19.9 Å². The van der Waals surface area contributed by atoms with E-state index in [2.05, 4.69) is 29.2 Å². The van der Waals surface area contributed by atoms with E-state index in [1.165, 1.54) is 12.8 Å². The van der Waals surface area contributed by atoms with Gasteiger partial charge in [-0.15, -0.1) is 0 Å². The fraction of sp³-hybridized carbons (Fsp3) is 0.923. The molecule has 1 unspecified atom stereocenters. The molecular formula is C13H27N3O2. The standard InChI is InChI=1S/C13H27N3O2/c1-5-18-13(17)12(14-2)10-16-8-6-11(7-9-16)15(3)4/h11-12,14H,5-10H2,1-4H3. The summed E-state index contributed by atoms with van der Waals surface area (Å²) in [7, 11) is 6.08. The second kappa shape index (κ2) is 7.71. The molecule has 1 N–H and O–H groups in total. The molecule has 0 aliphatic carbocycles. The monoisotopic (exact) mass is 257 g/mol. The summed E-state index contributed by atoms with van der Waals surface area (Å²) in [5.74, 6) is -0.144. The van der Waals surface area contributed by atoms with Gasteiger partial charge in [-0.3, -0.25) is 4.79 Å². The van der Waals surface area contributed by atoms with E-state index in [1.807, 2.05) is 14.0 Å². The Morgan fingerprint density at radius 1 is 1.44 bits per heavy atom. The Morgan fingerprint density at radius 2 is 2.06 bits per heavy atom. The number of rotatable bonds is 6. The van der Waals surface area contributed by atoms with Crippen molar-refractivity contribution in [2.24, 2.45) is 0 Å². The van der Waals surface area contributed by atoms with Crippen molar-refractivity contribution in [2.75, 3.05) is 47.4 Å². The number of nitrogens with one attached hydrogen (secondary N) is 1. The van der Waals surface area contributed by atoms with Crippen molar-refractivity contribution in [3.8, 4) is 0 Å². The van der Waals surface area contributed by atoms with Gasteiger partial charge in [0.25, 0.3) is 0 Å². The number of hydrogen-bond acceptors (Lipinski definition) is 5. The van der Waals surface area contributed by atoms with Gasteiger partial charge in [-0.1, -0.05) is 0 Å². The van der Waals surface area contributed by atoms with Crippen molar-refractivity contribution >= 4 is 5.97 Å². The molecule has 0 aromatic rings. The first-order valence-corrected chi connectivity index (χ1v) is 6.81. The first-order chi connectivity index (χ1) is 8.58. The lowest BCUT2D eigenvalue weighted by Gasteiger charge is -2.36. The molecule has 1 aliphatic heterocycles. The van der Waals surface area contributed by atoms with Gasteiger partial charge in [-0.05, 0) is 54.0 Å². The highest BCUT2D eigenvalue weighted by Crippen LogP contribution is 2.14. The van der Waals surface area contributed by atoms with E-state index in [4.69, 9.17) is 4.74 Å².